The van der Waals surface area contributed by atoms with Crippen molar-refractivity contribution >= 4 is 34.9 Å². The van der Waals surface area contributed by atoms with E-state index in [2.05, 4.69) is 10.3 Å². The summed E-state index contributed by atoms with van der Waals surface area (Å²) in [5, 5.41) is 3.67. The highest BCUT2D eigenvalue weighted by molar-refractivity contribution is 7.99. The first-order chi connectivity index (χ1) is 15.3. The summed E-state index contributed by atoms with van der Waals surface area (Å²) in [4.78, 5) is 11.4. The molecule has 0 bridgehead atoms. The van der Waals surface area contributed by atoms with Crippen molar-refractivity contribution in [1.29, 1.82) is 0 Å². The molecule has 4 rings (SSSR count). The Morgan fingerprint density at radius 2 is 2.00 bits per heavy atom. The van der Waals surface area contributed by atoms with Crippen molar-refractivity contribution in [3.05, 3.63) is 70.6 Å². The van der Waals surface area contributed by atoms with E-state index in [0.29, 0.717) is 34.6 Å². The van der Waals surface area contributed by atoms with Gasteiger partial charge in [-0.3, -0.25) is 0 Å². The van der Waals surface area contributed by atoms with Crippen LogP contribution in [0.1, 0.15) is 30.0 Å². The Balaban J connectivity index is 1.61. The molecule has 168 valence electrons. The lowest BCUT2D eigenvalue weighted by atomic mass is 10.1. The molecule has 0 amide bonds. The van der Waals surface area contributed by atoms with E-state index in [1.54, 1.807) is 36.0 Å². The predicted molar refractivity (Wildman–Crippen MR) is 120 cm³/mol. The van der Waals surface area contributed by atoms with Crippen LogP contribution in [0.4, 0.5) is 24.7 Å². The van der Waals surface area contributed by atoms with Gasteiger partial charge in [0.1, 0.15) is 22.4 Å². The molecule has 0 radical (unpaired) electrons. The van der Waals surface area contributed by atoms with Crippen LogP contribution in [-0.4, -0.2) is 22.8 Å². The Bertz CT molecular complexity index is 1110. The van der Waals surface area contributed by atoms with Crippen molar-refractivity contribution in [3.63, 3.8) is 0 Å². The molecule has 1 atom stereocenters. The van der Waals surface area contributed by atoms with Crippen molar-refractivity contribution in [2.45, 2.75) is 30.8 Å². The van der Waals surface area contributed by atoms with Crippen molar-refractivity contribution in [3.8, 4) is 5.75 Å². The molecule has 0 saturated heterocycles. The molecule has 1 unspecified atom stereocenters. The van der Waals surface area contributed by atoms with Gasteiger partial charge in [-0.25, -0.2) is 9.97 Å². The number of halogens is 4. The molecule has 0 fully saturated rings. The molecule has 3 heterocycles. The highest BCUT2D eigenvalue weighted by Crippen LogP contribution is 2.46. The van der Waals surface area contributed by atoms with Crippen molar-refractivity contribution < 1.29 is 17.9 Å². The quantitative estimate of drug-likeness (QED) is 0.325. The molecule has 0 aliphatic carbocycles. The molecule has 1 aliphatic heterocycles. The van der Waals surface area contributed by atoms with Gasteiger partial charge in [0.25, 0.3) is 0 Å². The number of nitrogens with one attached hydrogen (secondary N) is 1. The van der Waals surface area contributed by atoms with E-state index < -0.39 is 18.0 Å². The van der Waals surface area contributed by atoms with Gasteiger partial charge in [0.2, 0.25) is 6.23 Å². The molecular weight excluding hydrogens is 461 g/mol. The van der Waals surface area contributed by atoms with Gasteiger partial charge in [-0.05, 0) is 47.7 Å². The van der Waals surface area contributed by atoms with E-state index in [0.717, 1.165) is 28.3 Å². The Morgan fingerprint density at radius 3 is 2.69 bits per heavy atom. The molecule has 5 nitrogen and oxygen atoms in total. The lowest BCUT2D eigenvalue weighted by Crippen LogP contribution is -2.24. The minimum Gasteiger partial charge on any atom is -0.462 e. The van der Waals surface area contributed by atoms with Gasteiger partial charge in [-0.1, -0.05) is 24.6 Å². The van der Waals surface area contributed by atoms with Gasteiger partial charge in [0.15, 0.2) is 0 Å². The number of fused-ring (bicyclic) bond motifs is 1. The summed E-state index contributed by atoms with van der Waals surface area (Å²) in [6, 6.07) is 10.9. The summed E-state index contributed by atoms with van der Waals surface area (Å²) in [5.41, 5.74) is 1.24. The van der Waals surface area contributed by atoms with Gasteiger partial charge in [-0.2, -0.15) is 13.2 Å². The van der Waals surface area contributed by atoms with E-state index in [1.165, 1.54) is 6.07 Å². The van der Waals surface area contributed by atoms with Crippen LogP contribution in [0, 0.1) is 0 Å². The third-order valence-electron chi connectivity index (χ3n) is 4.94. The molecule has 2 aromatic heterocycles. The number of hydrogen-bond acceptors (Lipinski definition) is 6. The van der Waals surface area contributed by atoms with Crippen LogP contribution < -0.4 is 15.0 Å². The summed E-state index contributed by atoms with van der Waals surface area (Å²) in [6.45, 7) is 2.52. The number of rotatable bonds is 6. The maximum Gasteiger partial charge on any atom is 0.416 e. The van der Waals surface area contributed by atoms with Crippen molar-refractivity contribution in [1.82, 2.24) is 9.97 Å². The Labute approximate surface area is 193 Å². The zero-order chi connectivity index (χ0) is 22.9. The summed E-state index contributed by atoms with van der Waals surface area (Å²) in [7, 11) is 1.71. The van der Waals surface area contributed by atoms with E-state index in [1.807, 2.05) is 25.1 Å². The number of anilines is 2. The zero-order valence-corrected chi connectivity index (χ0v) is 18.9. The van der Waals surface area contributed by atoms with Crippen LogP contribution in [0.2, 0.25) is 5.15 Å². The average molecular weight is 481 g/mol. The van der Waals surface area contributed by atoms with Gasteiger partial charge < -0.3 is 15.0 Å². The number of hydrogen-bond donors (Lipinski definition) is 1. The normalized spacial score (nSPS) is 15.4. The Morgan fingerprint density at radius 1 is 1.19 bits per heavy atom. The number of ether oxygens (including phenoxy) is 1. The Kier molecular flexibility index (Phi) is 6.39. The molecule has 10 heteroatoms. The maximum absolute atomic E-state index is 13.2. The predicted octanol–water partition coefficient (Wildman–Crippen LogP) is 6.40. The number of thioether (sulfide) groups is 1. The largest absolute Gasteiger partial charge is 0.462 e. The fourth-order valence-corrected chi connectivity index (χ4v) is 4.23. The van der Waals surface area contributed by atoms with E-state index in [4.69, 9.17) is 21.3 Å². The molecule has 3 aromatic rings. The second-order valence-corrected chi connectivity index (χ2v) is 8.81. The number of pyridine rings is 2. The zero-order valence-electron chi connectivity index (χ0n) is 17.3. The van der Waals surface area contributed by atoms with E-state index in [9.17, 15) is 13.2 Å². The van der Waals surface area contributed by atoms with Crippen LogP contribution >= 0.6 is 23.4 Å². The molecule has 1 N–H and O–H groups in total. The number of nitrogens with zero attached hydrogens (tertiary/aromatic N) is 3. The third kappa shape index (κ3) is 4.73. The minimum absolute atomic E-state index is 0.379. The first-order valence-corrected chi connectivity index (χ1v) is 11.2. The number of benzene rings is 1. The average Bonchev–Trinajstić information content (AvgIpc) is 3.09. The topological polar surface area (TPSA) is 50.3 Å². The lowest BCUT2D eigenvalue weighted by molar-refractivity contribution is -0.137. The maximum atomic E-state index is 13.2. The van der Waals surface area contributed by atoms with Gasteiger partial charge >= 0.3 is 6.18 Å². The first-order valence-electron chi connectivity index (χ1n) is 9.85. The van der Waals surface area contributed by atoms with Crippen LogP contribution in [0.5, 0.6) is 5.75 Å². The fourth-order valence-electron chi connectivity index (χ4n) is 3.35. The smallest absolute Gasteiger partial charge is 0.416 e. The summed E-state index contributed by atoms with van der Waals surface area (Å²) < 4.78 is 45.5. The summed E-state index contributed by atoms with van der Waals surface area (Å²) in [5.74, 6) is 1.84. The van der Waals surface area contributed by atoms with Gasteiger partial charge in [0, 0.05) is 24.7 Å². The molecule has 0 spiro atoms. The van der Waals surface area contributed by atoms with Crippen molar-refractivity contribution in [2.75, 3.05) is 23.0 Å². The lowest BCUT2D eigenvalue weighted by Gasteiger charge is -2.23. The van der Waals surface area contributed by atoms with Crippen molar-refractivity contribution in [2.24, 2.45) is 0 Å². The molecule has 1 aliphatic rings. The van der Waals surface area contributed by atoms with Crippen LogP contribution in [0.25, 0.3) is 0 Å². The van der Waals surface area contributed by atoms with Crippen LogP contribution in [0.15, 0.2) is 53.6 Å². The molecule has 1 aromatic carbocycles. The first kappa shape index (κ1) is 22.5. The second kappa shape index (κ2) is 9.07. The molecule has 32 heavy (non-hydrogen) atoms. The monoisotopic (exact) mass is 480 g/mol. The minimum atomic E-state index is -4.42. The van der Waals surface area contributed by atoms with Crippen LogP contribution in [-0.2, 0) is 12.7 Å². The highest BCUT2D eigenvalue weighted by atomic mass is 35.5. The SMILES string of the molecule is CCSc1ccc(NCc2ccc(Cl)nc2)nc1C1Oc2ccc(C(F)(F)F)cc2N1C. The number of alkyl halides is 3. The summed E-state index contributed by atoms with van der Waals surface area (Å²) in [6.07, 6.45) is -3.38. The summed E-state index contributed by atoms with van der Waals surface area (Å²) >= 11 is 7.43. The molecular formula is C22H20ClF3N4OS. The highest BCUT2D eigenvalue weighted by Gasteiger charge is 2.37. The molecule has 0 saturated carbocycles. The Hall–Kier alpha value is -2.65. The van der Waals surface area contributed by atoms with Gasteiger partial charge in [-0.15, -0.1) is 11.8 Å². The standard InChI is InChI=1S/C22H20ClF3N4OS/c1-3-32-17-7-9-19(28-12-13-4-8-18(23)27-11-13)29-20(17)21-30(2)15-10-14(22(24,25)26)5-6-16(15)31-21/h4-11,21H,3,12H2,1-2H3,(H,28,29). The van der Waals surface area contributed by atoms with E-state index >= 15 is 0 Å². The van der Waals surface area contributed by atoms with Crippen LogP contribution in [0.3, 0.4) is 0 Å². The van der Waals surface area contributed by atoms with E-state index in [-0.39, 0.29) is 0 Å². The van der Waals surface area contributed by atoms with Gasteiger partial charge in [0.05, 0.1) is 11.3 Å². The third-order valence-corrected chi connectivity index (χ3v) is 6.11. The fraction of sp³-hybridized carbons (Fsp3) is 0.273. The second-order valence-electron chi connectivity index (χ2n) is 7.12. The number of aromatic nitrogens is 2.